The van der Waals surface area contributed by atoms with Gasteiger partial charge in [-0.2, -0.15) is 18.3 Å². The van der Waals surface area contributed by atoms with Crippen LogP contribution in [0.5, 0.6) is 0 Å². The molecule has 0 spiro atoms. The number of nitrogens with zero attached hydrogens (tertiary/aromatic N) is 2. The van der Waals surface area contributed by atoms with Crippen LogP contribution in [0.4, 0.5) is 13.2 Å². The lowest BCUT2D eigenvalue weighted by molar-refractivity contribution is -0.138. The Hall–Kier alpha value is -2.61. The molecule has 1 N–H and O–H groups in total. The zero-order chi connectivity index (χ0) is 21.0. The van der Waals surface area contributed by atoms with Crippen molar-refractivity contribution >= 4 is 17.2 Å². The summed E-state index contributed by atoms with van der Waals surface area (Å²) in [7, 11) is 0. The predicted molar refractivity (Wildman–Crippen MR) is 108 cm³/mol. The van der Waals surface area contributed by atoms with Gasteiger partial charge in [0.1, 0.15) is 0 Å². The van der Waals surface area contributed by atoms with E-state index in [9.17, 15) is 18.0 Å². The van der Waals surface area contributed by atoms with E-state index in [-0.39, 0.29) is 24.4 Å². The van der Waals surface area contributed by atoms with E-state index in [1.165, 1.54) is 23.5 Å². The van der Waals surface area contributed by atoms with E-state index in [1.54, 1.807) is 6.07 Å². The molecule has 0 aliphatic heterocycles. The van der Waals surface area contributed by atoms with Crippen LogP contribution in [0.25, 0.3) is 11.3 Å². The molecule has 3 aromatic rings. The summed E-state index contributed by atoms with van der Waals surface area (Å²) >= 11 is 1.31. The minimum atomic E-state index is -4.40. The fourth-order valence-electron chi connectivity index (χ4n) is 3.25. The number of amides is 1. The summed E-state index contributed by atoms with van der Waals surface area (Å²) in [4.78, 5) is 13.0. The second-order valence-corrected chi connectivity index (χ2v) is 7.46. The van der Waals surface area contributed by atoms with Crippen molar-refractivity contribution in [1.29, 1.82) is 0 Å². The van der Waals surface area contributed by atoms with E-state index in [4.69, 9.17) is 0 Å². The molecule has 0 radical (unpaired) electrons. The average Bonchev–Trinajstić information content (AvgIpc) is 3.33. The zero-order valence-corrected chi connectivity index (χ0v) is 17.0. The number of aryl methyl sites for hydroxylation is 2. The van der Waals surface area contributed by atoms with Crippen LogP contribution >= 0.6 is 11.3 Å². The molecular formula is C21H22F3N3OS. The number of nitrogens with one attached hydrogen (secondary N) is 1. The average molecular weight is 421 g/mol. The Bertz CT molecular complexity index is 970. The molecule has 2 heterocycles. The SMILES string of the molecule is CCc1cnn(CC)c1-c1csc(C(=O)NCCc2ccccc2C(F)(F)F)c1. The third-order valence-corrected chi connectivity index (χ3v) is 5.62. The summed E-state index contributed by atoms with van der Waals surface area (Å²) in [5.74, 6) is -0.286. The molecule has 0 saturated heterocycles. The molecule has 0 bridgehead atoms. The summed E-state index contributed by atoms with van der Waals surface area (Å²) in [6, 6.07) is 7.25. The summed E-state index contributed by atoms with van der Waals surface area (Å²) in [5.41, 5.74) is 2.56. The first-order valence-corrected chi connectivity index (χ1v) is 10.3. The molecule has 0 fully saturated rings. The molecule has 4 nitrogen and oxygen atoms in total. The van der Waals surface area contributed by atoms with Gasteiger partial charge in [-0.25, -0.2) is 0 Å². The minimum Gasteiger partial charge on any atom is -0.351 e. The highest BCUT2D eigenvalue weighted by molar-refractivity contribution is 7.12. The highest BCUT2D eigenvalue weighted by atomic mass is 32.1. The number of benzene rings is 1. The van der Waals surface area contributed by atoms with Crippen molar-refractivity contribution < 1.29 is 18.0 Å². The standard InChI is InChI=1S/C21H22F3N3OS/c1-3-14-12-26-27(4-2)19(14)16-11-18(29-13-16)20(28)25-10-9-15-7-5-6-8-17(15)21(22,23)24/h5-8,11-13H,3-4,9-10H2,1-2H3,(H,25,28). The highest BCUT2D eigenvalue weighted by Gasteiger charge is 2.32. The Morgan fingerprint density at radius 3 is 2.66 bits per heavy atom. The molecule has 1 aromatic carbocycles. The van der Waals surface area contributed by atoms with Crippen LogP contribution in [0.3, 0.4) is 0 Å². The monoisotopic (exact) mass is 421 g/mol. The Balaban J connectivity index is 1.68. The lowest BCUT2D eigenvalue weighted by Crippen LogP contribution is -2.25. The number of carbonyl (C=O) groups excluding carboxylic acids is 1. The molecule has 154 valence electrons. The maximum absolute atomic E-state index is 13.1. The fourth-order valence-corrected chi connectivity index (χ4v) is 4.06. The molecule has 0 saturated carbocycles. The summed E-state index contributed by atoms with van der Waals surface area (Å²) in [5, 5.41) is 9.01. The Morgan fingerprint density at radius 2 is 1.97 bits per heavy atom. The second kappa shape index (κ2) is 8.82. The van der Waals surface area contributed by atoms with Crippen LogP contribution in [0.1, 0.15) is 40.2 Å². The van der Waals surface area contributed by atoms with Crippen molar-refractivity contribution in [2.75, 3.05) is 6.54 Å². The van der Waals surface area contributed by atoms with E-state index in [2.05, 4.69) is 17.3 Å². The largest absolute Gasteiger partial charge is 0.416 e. The van der Waals surface area contributed by atoms with Gasteiger partial charge in [0.2, 0.25) is 0 Å². The quantitative estimate of drug-likeness (QED) is 0.571. The van der Waals surface area contributed by atoms with E-state index in [0.29, 0.717) is 4.88 Å². The predicted octanol–water partition coefficient (Wildman–Crippen LogP) is 5.19. The first-order valence-electron chi connectivity index (χ1n) is 9.42. The van der Waals surface area contributed by atoms with Gasteiger partial charge in [0.05, 0.1) is 22.3 Å². The summed E-state index contributed by atoms with van der Waals surface area (Å²) in [6.45, 7) is 4.92. The zero-order valence-electron chi connectivity index (χ0n) is 16.2. The van der Waals surface area contributed by atoms with Crippen molar-refractivity contribution in [1.82, 2.24) is 15.1 Å². The fraction of sp³-hybridized carbons (Fsp3) is 0.333. The van der Waals surface area contributed by atoms with Gasteiger partial charge in [-0.05, 0) is 43.0 Å². The number of hydrogen-bond acceptors (Lipinski definition) is 3. The number of aromatic nitrogens is 2. The van der Waals surface area contributed by atoms with Gasteiger partial charge >= 0.3 is 6.18 Å². The third kappa shape index (κ3) is 4.70. The van der Waals surface area contributed by atoms with Crippen LogP contribution in [0, 0.1) is 0 Å². The number of rotatable bonds is 7. The molecule has 0 atom stereocenters. The van der Waals surface area contributed by atoms with Crippen LogP contribution < -0.4 is 5.32 Å². The summed E-state index contributed by atoms with van der Waals surface area (Å²) in [6.07, 6.45) is -1.61. The molecule has 0 unspecified atom stereocenters. The first kappa shape index (κ1) is 21.1. The lowest BCUT2D eigenvalue weighted by atomic mass is 10.0. The van der Waals surface area contributed by atoms with Gasteiger partial charge in [0, 0.05) is 24.0 Å². The maximum atomic E-state index is 13.1. The van der Waals surface area contributed by atoms with Gasteiger partial charge in [0.25, 0.3) is 5.91 Å². The van der Waals surface area contributed by atoms with Crippen LogP contribution in [0.15, 0.2) is 41.9 Å². The number of carbonyl (C=O) groups is 1. The molecule has 29 heavy (non-hydrogen) atoms. The number of thiophene rings is 1. The molecular weight excluding hydrogens is 399 g/mol. The first-order chi connectivity index (χ1) is 13.8. The van der Waals surface area contributed by atoms with Crippen molar-refractivity contribution in [3.8, 4) is 11.3 Å². The van der Waals surface area contributed by atoms with Crippen LogP contribution in [0.2, 0.25) is 0 Å². The lowest BCUT2D eigenvalue weighted by Gasteiger charge is -2.12. The van der Waals surface area contributed by atoms with Gasteiger partial charge in [0.15, 0.2) is 0 Å². The van der Waals surface area contributed by atoms with E-state index < -0.39 is 11.7 Å². The molecule has 1 amide bonds. The van der Waals surface area contributed by atoms with E-state index in [1.807, 2.05) is 29.2 Å². The van der Waals surface area contributed by atoms with E-state index in [0.717, 1.165) is 35.9 Å². The topological polar surface area (TPSA) is 46.9 Å². The minimum absolute atomic E-state index is 0.113. The molecule has 8 heteroatoms. The summed E-state index contributed by atoms with van der Waals surface area (Å²) < 4.78 is 41.1. The highest BCUT2D eigenvalue weighted by Crippen LogP contribution is 2.32. The number of hydrogen-bond donors (Lipinski definition) is 1. The third-order valence-electron chi connectivity index (χ3n) is 4.70. The molecule has 2 aromatic heterocycles. The number of halogens is 3. The van der Waals surface area contributed by atoms with Gasteiger partial charge in [-0.3, -0.25) is 9.48 Å². The molecule has 3 rings (SSSR count). The van der Waals surface area contributed by atoms with Crippen LogP contribution in [-0.2, 0) is 25.6 Å². The Kier molecular flexibility index (Phi) is 6.42. The van der Waals surface area contributed by atoms with Crippen molar-refractivity contribution in [3.05, 3.63) is 63.5 Å². The Labute approximate surface area is 171 Å². The molecule has 0 aliphatic carbocycles. The smallest absolute Gasteiger partial charge is 0.351 e. The van der Waals surface area contributed by atoms with Crippen LogP contribution in [-0.4, -0.2) is 22.2 Å². The maximum Gasteiger partial charge on any atom is 0.416 e. The Morgan fingerprint density at radius 1 is 1.21 bits per heavy atom. The normalized spacial score (nSPS) is 11.6. The van der Waals surface area contributed by atoms with E-state index >= 15 is 0 Å². The van der Waals surface area contributed by atoms with Crippen molar-refractivity contribution in [2.45, 2.75) is 39.4 Å². The molecule has 0 aliphatic rings. The van der Waals surface area contributed by atoms with Gasteiger partial charge in [-0.15, -0.1) is 11.3 Å². The second-order valence-electron chi connectivity index (χ2n) is 6.55. The van der Waals surface area contributed by atoms with Crippen molar-refractivity contribution in [3.63, 3.8) is 0 Å². The van der Waals surface area contributed by atoms with Gasteiger partial charge < -0.3 is 5.32 Å². The number of alkyl halides is 3. The van der Waals surface area contributed by atoms with Gasteiger partial charge in [-0.1, -0.05) is 25.1 Å². The van der Waals surface area contributed by atoms with Crippen molar-refractivity contribution in [2.24, 2.45) is 0 Å².